The fraction of sp³-hybridized carbons (Fsp3) is 0.591. The van der Waals surface area contributed by atoms with Gasteiger partial charge in [-0.1, -0.05) is 0 Å². The van der Waals surface area contributed by atoms with Gasteiger partial charge in [-0.3, -0.25) is 4.79 Å². The third-order valence-electron chi connectivity index (χ3n) is 5.77. The lowest BCUT2D eigenvalue weighted by atomic mass is 9.88. The lowest BCUT2D eigenvalue weighted by Gasteiger charge is -2.33. The molecule has 2 saturated heterocycles. The Morgan fingerprint density at radius 1 is 1.06 bits per heavy atom. The van der Waals surface area contributed by atoms with E-state index in [1.807, 2.05) is 0 Å². The van der Waals surface area contributed by atoms with Crippen molar-refractivity contribution in [2.24, 2.45) is 0 Å². The summed E-state index contributed by atoms with van der Waals surface area (Å²) in [7, 11) is 0. The molecule has 2 fully saturated rings. The maximum Gasteiger partial charge on any atom is 0.416 e. The van der Waals surface area contributed by atoms with Gasteiger partial charge in [-0.15, -0.1) is 0 Å². The van der Waals surface area contributed by atoms with E-state index in [1.165, 1.54) is 9.80 Å². The molecule has 1 aromatic carbocycles. The number of carbonyl (C=O) groups excluding carboxylic acids is 3. The summed E-state index contributed by atoms with van der Waals surface area (Å²) in [6.07, 6.45) is -3.94. The molecular weight excluding hydrogens is 427 g/mol. The van der Waals surface area contributed by atoms with Crippen molar-refractivity contribution in [3.8, 4) is 0 Å². The summed E-state index contributed by atoms with van der Waals surface area (Å²) in [6, 6.07) is 3.41. The molecule has 176 valence electrons. The molecule has 1 atom stereocenters. The van der Waals surface area contributed by atoms with E-state index in [0.717, 1.165) is 29.2 Å². The first-order valence-electron chi connectivity index (χ1n) is 10.6. The largest absolute Gasteiger partial charge is 0.444 e. The van der Waals surface area contributed by atoms with Crippen LogP contribution in [0.25, 0.3) is 0 Å². The van der Waals surface area contributed by atoms with Crippen molar-refractivity contribution >= 4 is 23.7 Å². The smallest absolute Gasteiger partial charge is 0.416 e. The van der Waals surface area contributed by atoms with Gasteiger partial charge in [0.1, 0.15) is 11.1 Å². The molecule has 7 nitrogen and oxygen atoms in total. The number of amides is 4. The summed E-state index contributed by atoms with van der Waals surface area (Å²) in [5.74, 6) is -0.477. The van der Waals surface area contributed by atoms with Crippen LogP contribution in [-0.4, -0.2) is 58.6 Å². The first-order valence-corrected chi connectivity index (χ1v) is 10.6. The highest BCUT2D eigenvalue weighted by Gasteiger charge is 2.57. The number of anilines is 1. The van der Waals surface area contributed by atoms with Gasteiger partial charge in [0.05, 0.1) is 11.3 Å². The van der Waals surface area contributed by atoms with Crippen molar-refractivity contribution in [1.82, 2.24) is 9.80 Å². The van der Waals surface area contributed by atoms with E-state index in [4.69, 9.17) is 4.74 Å². The fourth-order valence-electron chi connectivity index (χ4n) is 4.29. The number of hydrogen-bond donors (Lipinski definition) is 0. The average molecular weight is 455 g/mol. The third-order valence-corrected chi connectivity index (χ3v) is 5.77. The van der Waals surface area contributed by atoms with E-state index in [9.17, 15) is 27.6 Å². The number of ether oxygens (including phenoxy) is 1. The van der Waals surface area contributed by atoms with Crippen LogP contribution in [0.2, 0.25) is 0 Å². The molecule has 32 heavy (non-hydrogen) atoms. The van der Waals surface area contributed by atoms with Crippen LogP contribution in [0.5, 0.6) is 0 Å². The normalized spacial score (nSPS) is 22.5. The zero-order chi connectivity index (χ0) is 23.9. The lowest BCUT2D eigenvalue weighted by Crippen LogP contribution is -2.50. The summed E-state index contributed by atoms with van der Waals surface area (Å²) in [6.45, 7) is 7.92. The van der Waals surface area contributed by atoms with Crippen molar-refractivity contribution < 1.29 is 32.3 Å². The Hall–Kier alpha value is -2.78. The topological polar surface area (TPSA) is 70.2 Å². The predicted octanol–water partition coefficient (Wildman–Crippen LogP) is 4.65. The molecule has 2 aliphatic rings. The number of rotatable bonds is 2. The quantitative estimate of drug-likeness (QED) is 0.609. The first-order chi connectivity index (χ1) is 14.8. The molecule has 0 saturated carbocycles. The Kier molecular flexibility index (Phi) is 6.19. The van der Waals surface area contributed by atoms with Gasteiger partial charge in [-0.05, 0) is 71.2 Å². The SMILES string of the molecule is CCN1C(=O)N(c2ccc(C(F)(F)F)cc2)C(=O)[C@@]12CCCN(C(=O)OC(C)(C)C)CC2. The predicted molar refractivity (Wildman–Crippen MR) is 111 cm³/mol. The molecule has 1 aromatic rings. The Balaban J connectivity index is 1.86. The molecule has 2 aliphatic heterocycles. The van der Waals surface area contributed by atoms with Crippen molar-refractivity contribution in [3.05, 3.63) is 29.8 Å². The zero-order valence-electron chi connectivity index (χ0n) is 18.7. The summed E-state index contributed by atoms with van der Waals surface area (Å²) in [5.41, 5.74) is -2.57. The van der Waals surface area contributed by atoms with Crippen LogP contribution in [0.15, 0.2) is 24.3 Å². The van der Waals surface area contributed by atoms with Gasteiger partial charge in [-0.2, -0.15) is 13.2 Å². The van der Waals surface area contributed by atoms with E-state index < -0.39 is 40.9 Å². The van der Waals surface area contributed by atoms with E-state index in [2.05, 4.69) is 0 Å². The summed E-state index contributed by atoms with van der Waals surface area (Å²) in [4.78, 5) is 43.1. The van der Waals surface area contributed by atoms with E-state index in [1.54, 1.807) is 27.7 Å². The summed E-state index contributed by atoms with van der Waals surface area (Å²) < 4.78 is 44.1. The molecule has 0 aliphatic carbocycles. The number of carbonyl (C=O) groups is 3. The van der Waals surface area contributed by atoms with Crippen molar-refractivity contribution in [2.75, 3.05) is 24.5 Å². The molecule has 0 aromatic heterocycles. The molecule has 1 spiro atoms. The van der Waals surface area contributed by atoms with Crippen molar-refractivity contribution in [1.29, 1.82) is 0 Å². The Bertz CT molecular complexity index is 895. The number of benzene rings is 1. The monoisotopic (exact) mass is 455 g/mol. The minimum atomic E-state index is -4.51. The van der Waals surface area contributed by atoms with Crippen LogP contribution in [-0.2, 0) is 15.7 Å². The third kappa shape index (κ3) is 4.40. The highest BCUT2D eigenvalue weighted by atomic mass is 19.4. The molecule has 0 N–H and O–H groups in total. The van der Waals surface area contributed by atoms with E-state index in [-0.39, 0.29) is 25.2 Å². The number of imide groups is 1. The molecule has 0 bridgehead atoms. The lowest BCUT2D eigenvalue weighted by molar-refractivity contribution is -0.137. The molecule has 10 heteroatoms. The fourth-order valence-corrected chi connectivity index (χ4v) is 4.29. The first kappa shape index (κ1) is 23.9. The van der Waals surface area contributed by atoms with Crippen LogP contribution in [0, 0.1) is 0 Å². The number of likely N-dealkylation sites (tertiary alicyclic amines) is 1. The van der Waals surface area contributed by atoms with Crippen LogP contribution in [0.4, 0.5) is 28.4 Å². The van der Waals surface area contributed by atoms with Gasteiger partial charge < -0.3 is 14.5 Å². The summed E-state index contributed by atoms with van der Waals surface area (Å²) >= 11 is 0. The number of alkyl halides is 3. The average Bonchev–Trinajstić information content (AvgIpc) is 2.82. The zero-order valence-corrected chi connectivity index (χ0v) is 18.7. The molecule has 0 radical (unpaired) electrons. The van der Waals surface area contributed by atoms with Crippen LogP contribution in [0.1, 0.15) is 52.5 Å². The second-order valence-electron chi connectivity index (χ2n) is 9.06. The van der Waals surface area contributed by atoms with Crippen molar-refractivity contribution in [3.63, 3.8) is 0 Å². The van der Waals surface area contributed by atoms with Gasteiger partial charge >= 0.3 is 18.3 Å². The minimum Gasteiger partial charge on any atom is -0.444 e. The van der Waals surface area contributed by atoms with Crippen molar-refractivity contribution in [2.45, 2.75) is 64.3 Å². The molecule has 3 rings (SSSR count). The second kappa shape index (κ2) is 8.29. The highest BCUT2D eigenvalue weighted by molar-refractivity contribution is 6.23. The van der Waals surface area contributed by atoms with E-state index in [0.29, 0.717) is 19.4 Å². The highest BCUT2D eigenvalue weighted by Crippen LogP contribution is 2.40. The Morgan fingerprint density at radius 3 is 2.22 bits per heavy atom. The number of likely N-dealkylation sites (N-methyl/N-ethyl adjacent to an activating group) is 1. The van der Waals surface area contributed by atoms with Gasteiger partial charge in [-0.25, -0.2) is 14.5 Å². The van der Waals surface area contributed by atoms with Gasteiger partial charge in [0.25, 0.3) is 5.91 Å². The number of urea groups is 1. The molecule has 2 heterocycles. The number of nitrogens with zero attached hydrogens (tertiary/aromatic N) is 3. The van der Waals surface area contributed by atoms with Crippen LogP contribution in [0.3, 0.4) is 0 Å². The maximum absolute atomic E-state index is 13.5. The molecule has 0 unspecified atom stereocenters. The Labute approximate surface area is 185 Å². The minimum absolute atomic E-state index is 0.0940. The maximum atomic E-state index is 13.5. The van der Waals surface area contributed by atoms with Gasteiger partial charge in [0.2, 0.25) is 0 Å². The van der Waals surface area contributed by atoms with Crippen LogP contribution >= 0.6 is 0 Å². The van der Waals surface area contributed by atoms with Gasteiger partial charge in [0, 0.05) is 19.6 Å². The van der Waals surface area contributed by atoms with Crippen LogP contribution < -0.4 is 4.90 Å². The molecule has 4 amide bonds. The molecular formula is C22H28F3N3O4. The van der Waals surface area contributed by atoms with Gasteiger partial charge in [0.15, 0.2) is 0 Å². The van der Waals surface area contributed by atoms with E-state index >= 15 is 0 Å². The number of hydrogen-bond acceptors (Lipinski definition) is 4. The second-order valence-corrected chi connectivity index (χ2v) is 9.06. The summed E-state index contributed by atoms with van der Waals surface area (Å²) in [5, 5.41) is 0. The number of halogens is 3. The Morgan fingerprint density at radius 2 is 1.69 bits per heavy atom. The standard InChI is InChI=1S/C22H28F3N3O4/c1-5-27-18(30)28(16-9-7-15(8-10-16)22(23,24)25)17(29)21(27)11-6-13-26(14-12-21)19(31)32-20(2,3)4/h7-10H,5-6,11-14H2,1-4H3/t21-/m0/s1.